The molecule has 1 aliphatic carbocycles. The zero-order valence-corrected chi connectivity index (χ0v) is 23.1. The molecule has 1 N–H and O–H groups in total. The van der Waals surface area contributed by atoms with E-state index in [1.54, 1.807) is 6.20 Å². The van der Waals surface area contributed by atoms with Crippen molar-refractivity contribution in [3.8, 4) is 11.1 Å². The molecule has 5 nitrogen and oxygen atoms in total. The Morgan fingerprint density at radius 3 is 2.62 bits per heavy atom. The van der Waals surface area contributed by atoms with Gasteiger partial charge in [0.2, 0.25) is 0 Å². The van der Waals surface area contributed by atoms with Gasteiger partial charge in [0.05, 0.1) is 0 Å². The molecule has 2 atom stereocenters. The summed E-state index contributed by atoms with van der Waals surface area (Å²) in [6, 6.07) is 14.9. The zero-order valence-electron chi connectivity index (χ0n) is 22.4. The van der Waals surface area contributed by atoms with Crippen LogP contribution in [0.15, 0.2) is 48.7 Å². The average Bonchev–Trinajstić information content (AvgIpc) is 2.89. The molecule has 1 unspecified atom stereocenters. The Balaban J connectivity index is 1.31. The molecular weight excluding hydrogens is 480 g/mol. The Morgan fingerprint density at radius 2 is 1.89 bits per heavy atom. The minimum atomic E-state index is -0.104. The minimum absolute atomic E-state index is 0.104. The molecule has 2 aromatic carbocycles. The highest BCUT2D eigenvalue weighted by Crippen LogP contribution is 2.35. The number of piperidine rings is 1. The van der Waals surface area contributed by atoms with Gasteiger partial charge in [-0.2, -0.15) is 0 Å². The maximum absolute atomic E-state index is 13.1. The largest absolute Gasteiger partial charge is 0.370 e. The molecule has 2 aliphatic rings. The third-order valence-corrected chi connectivity index (χ3v) is 8.37. The van der Waals surface area contributed by atoms with E-state index < -0.39 is 0 Å². The van der Waals surface area contributed by atoms with Crippen molar-refractivity contribution in [3.63, 3.8) is 0 Å². The first-order valence-corrected chi connectivity index (χ1v) is 13.7. The molecule has 1 aromatic heterocycles. The molecular formula is C31H37ClN4O. The first-order chi connectivity index (χ1) is 17.8. The van der Waals surface area contributed by atoms with Crippen LogP contribution < -0.4 is 10.2 Å². The summed E-state index contributed by atoms with van der Waals surface area (Å²) in [5, 5.41) is 4.00. The number of carbonyl (C=O) groups is 1. The molecule has 1 fully saturated rings. The van der Waals surface area contributed by atoms with E-state index in [-0.39, 0.29) is 11.9 Å². The molecule has 5 rings (SSSR count). The van der Waals surface area contributed by atoms with Gasteiger partial charge >= 0.3 is 0 Å². The molecule has 37 heavy (non-hydrogen) atoms. The number of rotatable bonds is 5. The predicted octanol–water partition coefficient (Wildman–Crippen LogP) is 5.84. The highest BCUT2D eigenvalue weighted by atomic mass is 35.5. The summed E-state index contributed by atoms with van der Waals surface area (Å²) in [5.74, 6) is -0.104. The van der Waals surface area contributed by atoms with Crippen molar-refractivity contribution in [2.75, 3.05) is 32.1 Å². The fourth-order valence-electron chi connectivity index (χ4n) is 5.95. The normalized spacial score (nSPS) is 19.6. The third-order valence-electron chi connectivity index (χ3n) is 8.13. The van der Waals surface area contributed by atoms with Gasteiger partial charge in [0.15, 0.2) is 0 Å². The molecule has 1 amide bonds. The van der Waals surface area contributed by atoms with Crippen LogP contribution in [-0.4, -0.2) is 55.1 Å². The van der Waals surface area contributed by atoms with Crippen molar-refractivity contribution < 1.29 is 4.79 Å². The fourth-order valence-corrected chi connectivity index (χ4v) is 6.18. The Hall–Kier alpha value is -2.89. The monoisotopic (exact) mass is 516 g/mol. The number of halogens is 1. The number of anilines is 1. The lowest BCUT2D eigenvalue weighted by atomic mass is 9.84. The highest BCUT2D eigenvalue weighted by Gasteiger charge is 2.28. The van der Waals surface area contributed by atoms with Gasteiger partial charge in [-0.3, -0.25) is 9.78 Å². The second-order valence-corrected chi connectivity index (χ2v) is 11.3. The summed E-state index contributed by atoms with van der Waals surface area (Å²) in [6.07, 6.45) is 7.05. The van der Waals surface area contributed by atoms with Crippen molar-refractivity contribution in [3.05, 3.63) is 81.6 Å². The first-order valence-electron chi connectivity index (χ1n) is 13.4. The molecule has 1 aliphatic heterocycles. The Morgan fingerprint density at radius 1 is 1.05 bits per heavy atom. The summed E-state index contributed by atoms with van der Waals surface area (Å²) in [7, 11) is 4.36. The van der Waals surface area contributed by atoms with Gasteiger partial charge in [0.25, 0.3) is 5.91 Å². The Bertz CT molecular complexity index is 1290. The highest BCUT2D eigenvalue weighted by molar-refractivity contribution is 6.30. The number of likely N-dealkylation sites (N-methyl/N-ethyl adjacent to an activating group) is 1. The lowest BCUT2D eigenvalue weighted by Gasteiger charge is -2.40. The number of benzene rings is 2. The van der Waals surface area contributed by atoms with Crippen LogP contribution in [0.1, 0.15) is 52.0 Å². The summed E-state index contributed by atoms with van der Waals surface area (Å²) >= 11 is 6.10. The standard InChI is InChI=1S/C31H37ClN4O/c1-20-7-14-30(36-15-5-6-25(19-36)35(3)4)28-17-24(10-12-27(20)28)34-31(37)29-13-8-22(18-33-29)26-11-9-23(32)16-21(26)2/h7-9,11,13-14,16,18,24-25H,5-6,10,12,15,17,19H2,1-4H3,(H,34,37)/t24-,25?/m0/s1. The smallest absolute Gasteiger partial charge is 0.270 e. The summed E-state index contributed by atoms with van der Waals surface area (Å²) < 4.78 is 0. The summed E-state index contributed by atoms with van der Waals surface area (Å²) in [5.41, 5.74) is 9.19. The predicted molar refractivity (Wildman–Crippen MR) is 153 cm³/mol. The van der Waals surface area contributed by atoms with Crippen LogP contribution in [0.2, 0.25) is 5.02 Å². The molecule has 6 heteroatoms. The topological polar surface area (TPSA) is 48.5 Å². The molecule has 0 radical (unpaired) electrons. The molecule has 2 heterocycles. The molecule has 0 spiro atoms. The van der Waals surface area contributed by atoms with E-state index in [0.717, 1.165) is 54.1 Å². The molecule has 1 saturated heterocycles. The summed E-state index contributed by atoms with van der Waals surface area (Å²) in [6.45, 7) is 6.40. The lowest BCUT2D eigenvalue weighted by molar-refractivity contribution is 0.0928. The van der Waals surface area contributed by atoms with E-state index in [0.29, 0.717) is 11.7 Å². The second-order valence-electron chi connectivity index (χ2n) is 10.9. The van der Waals surface area contributed by atoms with Crippen LogP contribution in [0.3, 0.4) is 0 Å². The molecule has 0 bridgehead atoms. The number of aryl methyl sites for hydroxylation is 2. The minimum Gasteiger partial charge on any atom is -0.370 e. The van der Waals surface area contributed by atoms with Gasteiger partial charge in [0, 0.05) is 47.6 Å². The average molecular weight is 517 g/mol. The number of carbonyl (C=O) groups excluding carboxylic acids is 1. The number of amides is 1. The van der Waals surface area contributed by atoms with E-state index in [1.165, 1.54) is 35.2 Å². The van der Waals surface area contributed by atoms with Gasteiger partial charge in [-0.05, 0) is 112 Å². The third kappa shape index (κ3) is 5.53. The van der Waals surface area contributed by atoms with Crippen LogP contribution in [0, 0.1) is 13.8 Å². The number of pyridine rings is 1. The zero-order chi connectivity index (χ0) is 26.1. The van der Waals surface area contributed by atoms with E-state index in [1.807, 2.05) is 37.3 Å². The van der Waals surface area contributed by atoms with Crippen molar-refractivity contribution in [2.24, 2.45) is 0 Å². The van der Waals surface area contributed by atoms with E-state index in [4.69, 9.17) is 11.6 Å². The van der Waals surface area contributed by atoms with Crippen molar-refractivity contribution in [2.45, 2.75) is 58.0 Å². The van der Waals surface area contributed by atoms with Crippen LogP contribution in [0.25, 0.3) is 11.1 Å². The van der Waals surface area contributed by atoms with Crippen molar-refractivity contribution in [1.29, 1.82) is 0 Å². The number of nitrogens with zero attached hydrogens (tertiary/aromatic N) is 3. The van der Waals surface area contributed by atoms with Crippen LogP contribution >= 0.6 is 11.6 Å². The quantitative estimate of drug-likeness (QED) is 0.463. The van der Waals surface area contributed by atoms with E-state index in [2.05, 4.69) is 53.3 Å². The fraction of sp³-hybridized carbons (Fsp3) is 0.419. The maximum atomic E-state index is 13.1. The van der Waals surface area contributed by atoms with E-state index in [9.17, 15) is 4.79 Å². The van der Waals surface area contributed by atoms with Crippen molar-refractivity contribution >= 4 is 23.2 Å². The van der Waals surface area contributed by atoms with E-state index >= 15 is 0 Å². The van der Waals surface area contributed by atoms with Crippen LogP contribution in [0.5, 0.6) is 0 Å². The number of fused-ring (bicyclic) bond motifs is 1. The number of hydrogen-bond acceptors (Lipinski definition) is 4. The summed E-state index contributed by atoms with van der Waals surface area (Å²) in [4.78, 5) is 22.6. The maximum Gasteiger partial charge on any atom is 0.270 e. The molecule has 3 aromatic rings. The second kappa shape index (κ2) is 10.8. The van der Waals surface area contributed by atoms with Gasteiger partial charge in [-0.25, -0.2) is 0 Å². The van der Waals surface area contributed by atoms with Crippen LogP contribution in [0.4, 0.5) is 5.69 Å². The van der Waals surface area contributed by atoms with Gasteiger partial charge in [-0.1, -0.05) is 29.8 Å². The Kier molecular flexibility index (Phi) is 7.55. The molecule has 0 saturated carbocycles. The molecule has 194 valence electrons. The number of aromatic nitrogens is 1. The van der Waals surface area contributed by atoms with Gasteiger partial charge < -0.3 is 15.1 Å². The van der Waals surface area contributed by atoms with Crippen LogP contribution in [-0.2, 0) is 12.8 Å². The van der Waals surface area contributed by atoms with Crippen molar-refractivity contribution in [1.82, 2.24) is 15.2 Å². The Labute approximate surface area is 225 Å². The van der Waals surface area contributed by atoms with Gasteiger partial charge in [-0.15, -0.1) is 0 Å². The lowest BCUT2D eigenvalue weighted by Crippen LogP contribution is -2.46. The van der Waals surface area contributed by atoms with Gasteiger partial charge in [0.1, 0.15) is 5.69 Å². The first kappa shape index (κ1) is 25.7. The number of nitrogens with one attached hydrogen (secondary N) is 1. The number of hydrogen-bond donors (Lipinski definition) is 1. The SMILES string of the molecule is Cc1cc(Cl)ccc1-c1ccc(C(=O)N[C@H]2CCc3c(C)ccc(N4CCCC(N(C)C)C4)c3C2)nc1.